The van der Waals surface area contributed by atoms with Gasteiger partial charge in [-0.05, 0) is 72.0 Å². The van der Waals surface area contributed by atoms with Crippen LogP contribution in [0.2, 0.25) is 0 Å². The molecule has 1 aliphatic rings. The van der Waals surface area contributed by atoms with Gasteiger partial charge in [0.1, 0.15) is 4.90 Å². The van der Waals surface area contributed by atoms with Crippen molar-refractivity contribution in [3.63, 3.8) is 0 Å². The van der Waals surface area contributed by atoms with Crippen LogP contribution in [-0.4, -0.2) is 23.9 Å². The zero-order valence-corrected chi connectivity index (χ0v) is 16.2. The monoisotopic (exact) mass is 418 g/mol. The summed E-state index contributed by atoms with van der Waals surface area (Å²) in [5.74, 6) is -3.48. The number of aromatic hydroxyl groups is 1. The summed E-state index contributed by atoms with van der Waals surface area (Å²) >= 11 is 0. The standard InChI is InChI=1S/C21H16F2O5S/c1-11-7-18(24)16(22)9-14(11)21(15-10-17(23)19(25)8-12(15)2)13-5-3-4-6-20(13)29(26,27)28/h3-10,24H,1-2H3,(H,26,27,28). The van der Waals surface area contributed by atoms with Crippen molar-refractivity contribution in [1.29, 1.82) is 0 Å². The Morgan fingerprint density at radius 2 is 1.66 bits per heavy atom. The molecule has 150 valence electrons. The minimum atomic E-state index is -4.68. The van der Waals surface area contributed by atoms with Gasteiger partial charge < -0.3 is 5.11 Å². The van der Waals surface area contributed by atoms with E-state index in [1.54, 1.807) is 6.92 Å². The van der Waals surface area contributed by atoms with Crippen LogP contribution in [0, 0.1) is 12.7 Å². The molecule has 0 spiro atoms. The molecule has 2 aromatic carbocycles. The molecule has 0 saturated carbocycles. The van der Waals surface area contributed by atoms with Gasteiger partial charge in [-0.2, -0.15) is 8.42 Å². The maximum absolute atomic E-state index is 14.2. The van der Waals surface area contributed by atoms with E-state index in [2.05, 4.69) is 0 Å². The van der Waals surface area contributed by atoms with E-state index in [9.17, 15) is 31.7 Å². The van der Waals surface area contributed by atoms with Crippen LogP contribution in [0.3, 0.4) is 0 Å². The van der Waals surface area contributed by atoms with E-state index < -0.39 is 38.2 Å². The van der Waals surface area contributed by atoms with Crippen LogP contribution in [0.4, 0.5) is 8.78 Å². The lowest BCUT2D eigenvalue weighted by Crippen LogP contribution is -2.09. The first-order valence-corrected chi connectivity index (χ1v) is 9.85. The number of hydrogen-bond donors (Lipinski definition) is 2. The summed E-state index contributed by atoms with van der Waals surface area (Å²) in [6, 6.07) is 7.57. The third-order valence-electron chi connectivity index (χ3n) is 4.55. The minimum Gasteiger partial charge on any atom is -0.505 e. The smallest absolute Gasteiger partial charge is 0.295 e. The molecule has 8 heteroatoms. The highest BCUT2D eigenvalue weighted by Crippen LogP contribution is 2.39. The van der Waals surface area contributed by atoms with Crippen LogP contribution in [-0.2, 0) is 14.9 Å². The van der Waals surface area contributed by atoms with Gasteiger partial charge in [-0.3, -0.25) is 9.35 Å². The first-order valence-electron chi connectivity index (χ1n) is 8.41. The van der Waals surface area contributed by atoms with Gasteiger partial charge in [0.05, 0.1) is 0 Å². The van der Waals surface area contributed by atoms with Crippen LogP contribution < -0.4 is 0 Å². The summed E-state index contributed by atoms with van der Waals surface area (Å²) in [5, 5.41) is 9.64. The average Bonchev–Trinajstić information content (AvgIpc) is 2.63. The van der Waals surface area contributed by atoms with Gasteiger partial charge in [-0.15, -0.1) is 0 Å². The topological polar surface area (TPSA) is 91.7 Å². The third kappa shape index (κ3) is 3.90. The molecule has 0 aliphatic heterocycles. The molecule has 29 heavy (non-hydrogen) atoms. The third-order valence-corrected chi connectivity index (χ3v) is 5.46. The number of allylic oxidation sites excluding steroid dienone is 5. The maximum Gasteiger partial charge on any atom is 0.295 e. The highest BCUT2D eigenvalue weighted by Gasteiger charge is 2.26. The lowest BCUT2D eigenvalue weighted by molar-refractivity contribution is -0.112. The summed E-state index contributed by atoms with van der Waals surface area (Å²) in [7, 11) is -4.68. The predicted molar refractivity (Wildman–Crippen MR) is 103 cm³/mol. The van der Waals surface area contributed by atoms with Gasteiger partial charge in [0, 0.05) is 5.56 Å². The van der Waals surface area contributed by atoms with Gasteiger partial charge in [-0.1, -0.05) is 18.2 Å². The highest BCUT2D eigenvalue weighted by atomic mass is 32.2. The molecule has 3 rings (SSSR count). The largest absolute Gasteiger partial charge is 0.505 e. The fraction of sp³-hybridized carbons (Fsp3) is 0.0952. The molecule has 1 aliphatic carbocycles. The van der Waals surface area contributed by atoms with Crippen molar-refractivity contribution in [1.82, 2.24) is 0 Å². The predicted octanol–water partition coefficient (Wildman–Crippen LogP) is 4.27. The summed E-state index contributed by atoms with van der Waals surface area (Å²) in [6.45, 7) is 3.08. The molecular formula is C21H16F2O5S. The Bertz CT molecular complexity index is 1240. The van der Waals surface area contributed by atoms with Gasteiger partial charge in [-0.25, -0.2) is 8.78 Å². The summed E-state index contributed by atoms with van der Waals surface area (Å²) < 4.78 is 61.8. The molecule has 0 unspecified atom stereocenters. The Balaban J connectivity index is 2.51. The highest BCUT2D eigenvalue weighted by molar-refractivity contribution is 7.86. The molecule has 2 aromatic rings. The molecule has 0 saturated heterocycles. The van der Waals surface area contributed by atoms with Crippen molar-refractivity contribution in [2.24, 2.45) is 0 Å². The Morgan fingerprint density at radius 3 is 2.31 bits per heavy atom. The number of hydrogen-bond acceptors (Lipinski definition) is 4. The van der Waals surface area contributed by atoms with E-state index in [1.807, 2.05) is 0 Å². The van der Waals surface area contributed by atoms with E-state index in [-0.39, 0.29) is 22.3 Å². The number of rotatable bonds is 3. The van der Waals surface area contributed by atoms with Gasteiger partial charge in [0.25, 0.3) is 10.1 Å². The number of carbonyl (C=O) groups is 1. The first-order chi connectivity index (χ1) is 13.5. The zero-order chi connectivity index (χ0) is 21.5. The SMILES string of the molecule is CC1=CC(=O)C(F)=CC1=C(c1cc(F)c(O)cc1C)c1ccccc1S(=O)(=O)O. The Kier molecular flexibility index (Phi) is 5.25. The lowest BCUT2D eigenvalue weighted by atomic mass is 9.85. The van der Waals surface area contributed by atoms with E-state index in [1.165, 1.54) is 25.1 Å². The number of phenols is 1. The second-order valence-corrected chi connectivity index (χ2v) is 7.95. The normalized spacial score (nSPS) is 16.4. The Morgan fingerprint density at radius 1 is 1.00 bits per heavy atom. The molecule has 0 bridgehead atoms. The first kappa shape index (κ1) is 20.6. The van der Waals surface area contributed by atoms with Crippen LogP contribution >= 0.6 is 0 Å². The fourth-order valence-electron chi connectivity index (χ4n) is 3.19. The van der Waals surface area contributed by atoms with E-state index in [4.69, 9.17) is 0 Å². The van der Waals surface area contributed by atoms with Crippen LogP contribution in [0.5, 0.6) is 5.75 Å². The van der Waals surface area contributed by atoms with Crippen LogP contribution in [0.1, 0.15) is 23.6 Å². The van der Waals surface area contributed by atoms with Crippen molar-refractivity contribution in [3.05, 3.63) is 88.0 Å². The molecule has 5 nitrogen and oxygen atoms in total. The van der Waals surface area contributed by atoms with Gasteiger partial charge >= 0.3 is 0 Å². The lowest BCUT2D eigenvalue weighted by Gasteiger charge is -2.20. The average molecular weight is 418 g/mol. The van der Waals surface area contributed by atoms with Gasteiger partial charge in [0.2, 0.25) is 5.78 Å². The summed E-state index contributed by atoms with van der Waals surface area (Å²) in [4.78, 5) is 11.2. The van der Waals surface area contributed by atoms with Crippen molar-refractivity contribution in [3.8, 4) is 5.75 Å². The van der Waals surface area contributed by atoms with E-state index in [0.29, 0.717) is 11.1 Å². The quantitative estimate of drug-likeness (QED) is 0.727. The van der Waals surface area contributed by atoms with Crippen molar-refractivity contribution < 1.29 is 31.7 Å². The summed E-state index contributed by atoms with van der Waals surface area (Å²) in [5.41, 5.74) is 1.08. The van der Waals surface area contributed by atoms with Crippen molar-refractivity contribution in [2.45, 2.75) is 18.7 Å². The molecular weight excluding hydrogens is 402 g/mol. The molecule has 2 N–H and O–H groups in total. The zero-order valence-electron chi connectivity index (χ0n) is 15.4. The Hall–Kier alpha value is -3.10. The Labute approximate surface area is 166 Å². The second kappa shape index (κ2) is 7.38. The molecule has 0 atom stereocenters. The fourth-order valence-corrected chi connectivity index (χ4v) is 3.89. The number of ketones is 1. The molecule has 0 amide bonds. The number of carbonyl (C=O) groups excluding carboxylic acids is 1. The molecule has 0 fully saturated rings. The van der Waals surface area contributed by atoms with E-state index >= 15 is 0 Å². The maximum atomic E-state index is 14.2. The van der Waals surface area contributed by atoms with Crippen molar-refractivity contribution >= 4 is 21.5 Å². The number of halogens is 2. The molecule has 0 heterocycles. The van der Waals surface area contributed by atoms with Gasteiger partial charge in [0.15, 0.2) is 17.4 Å². The van der Waals surface area contributed by atoms with Crippen LogP contribution in [0.25, 0.3) is 5.57 Å². The number of benzene rings is 2. The van der Waals surface area contributed by atoms with E-state index in [0.717, 1.165) is 30.4 Å². The molecule has 0 radical (unpaired) electrons. The van der Waals surface area contributed by atoms with Crippen LogP contribution in [0.15, 0.2) is 70.4 Å². The minimum absolute atomic E-state index is 0.00987. The molecule has 0 aromatic heterocycles. The summed E-state index contributed by atoms with van der Waals surface area (Å²) in [6.07, 6.45) is 1.99. The number of aryl methyl sites for hydroxylation is 1. The van der Waals surface area contributed by atoms with Crippen molar-refractivity contribution in [2.75, 3.05) is 0 Å². The second-order valence-electron chi connectivity index (χ2n) is 6.56. The number of phenolic OH excluding ortho intramolecular Hbond substituents is 1.